The zero-order valence-corrected chi connectivity index (χ0v) is 10.4. The summed E-state index contributed by atoms with van der Waals surface area (Å²) in [5.41, 5.74) is -0.286. The van der Waals surface area contributed by atoms with Crippen molar-refractivity contribution in [2.24, 2.45) is 5.92 Å². The first-order valence-corrected chi connectivity index (χ1v) is 6.10. The Morgan fingerprint density at radius 2 is 2.00 bits per heavy atom. The molecule has 6 heteroatoms. The molecule has 1 radical (unpaired) electrons. The van der Waals surface area contributed by atoms with Crippen molar-refractivity contribution in [2.45, 2.75) is 26.3 Å². The molecule has 0 aliphatic heterocycles. The Bertz CT molecular complexity index is 665. The highest BCUT2D eigenvalue weighted by Gasteiger charge is 2.24. The zero-order chi connectivity index (χ0) is 13.6. The highest BCUT2D eigenvalue weighted by Crippen LogP contribution is 2.30. The number of halogens is 2. The molecule has 1 saturated carbocycles. The van der Waals surface area contributed by atoms with Crippen molar-refractivity contribution >= 4 is 0 Å². The molecule has 1 aliphatic carbocycles. The molecule has 1 aromatic heterocycles. The van der Waals surface area contributed by atoms with Gasteiger partial charge >= 0.3 is 5.69 Å². The fraction of sp³-hybridized carbons (Fsp3) is 0.385. The predicted octanol–water partition coefficient (Wildman–Crippen LogP) is 1.83. The lowest BCUT2D eigenvalue weighted by molar-refractivity contribution is 0.573. The van der Waals surface area contributed by atoms with E-state index < -0.39 is 11.6 Å². The highest BCUT2D eigenvalue weighted by molar-refractivity contribution is 5.31. The van der Waals surface area contributed by atoms with Crippen LogP contribution < -0.4 is 5.69 Å². The first-order valence-electron chi connectivity index (χ1n) is 6.10. The Kier molecular flexibility index (Phi) is 2.73. The van der Waals surface area contributed by atoms with Crippen LogP contribution in [0.3, 0.4) is 0 Å². The minimum atomic E-state index is -0.851. The third-order valence-electron chi connectivity index (χ3n) is 3.22. The van der Waals surface area contributed by atoms with Crippen LogP contribution in [0.4, 0.5) is 8.78 Å². The van der Waals surface area contributed by atoms with Crippen molar-refractivity contribution in [1.29, 1.82) is 0 Å². The fourth-order valence-electron chi connectivity index (χ4n) is 2.04. The molecule has 3 rings (SSSR count). The number of aromatic nitrogens is 3. The number of nitrogens with zero attached hydrogens (tertiary/aromatic N) is 3. The molecule has 99 valence electrons. The molecule has 4 nitrogen and oxygen atoms in total. The number of aryl methyl sites for hydroxylation is 1. The minimum absolute atomic E-state index is 0.0800. The van der Waals surface area contributed by atoms with Crippen LogP contribution in [0.25, 0.3) is 5.69 Å². The van der Waals surface area contributed by atoms with E-state index in [1.165, 1.54) is 0 Å². The van der Waals surface area contributed by atoms with E-state index in [-0.39, 0.29) is 11.4 Å². The lowest BCUT2D eigenvalue weighted by Crippen LogP contribution is -2.25. The van der Waals surface area contributed by atoms with E-state index in [0.29, 0.717) is 18.3 Å². The van der Waals surface area contributed by atoms with E-state index in [1.54, 1.807) is 11.5 Å². The first-order chi connectivity index (χ1) is 9.04. The quantitative estimate of drug-likeness (QED) is 0.848. The van der Waals surface area contributed by atoms with Gasteiger partial charge < -0.3 is 0 Å². The molecule has 0 spiro atoms. The molecule has 1 heterocycles. The lowest BCUT2D eigenvalue weighted by Gasteiger charge is -2.00. The van der Waals surface area contributed by atoms with E-state index in [9.17, 15) is 13.6 Å². The smallest absolute Gasteiger partial charge is 0.279 e. The highest BCUT2D eigenvalue weighted by atomic mass is 19.1. The summed E-state index contributed by atoms with van der Waals surface area (Å²) in [5, 5.41) is 4.06. The molecule has 0 bridgehead atoms. The molecule has 19 heavy (non-hydrogen) atoms. The molecule has 0 N–H and O–H groups in total. The molecule has 1 aromatic carbocycles. The van der Waals surface area contributed by atoms with Crippen LogP contribution >= 0.6 is 0 Å². The van der Waals surface area contributed by atoms with Crippen LogP contribution in [0.1, 0.15) is 18.7 Å². The lowest BCUT2D eigenvalue weighted by atomic mass is 10.3. The van der Waals surface area contributed by atoms with Crippen molar-refractivity contribution in [3.8, 4) is 5.69 Å². The molecule has 0 unspecified atom stereocenters. The molecule has 2 aromatic rings. The second-order valence-electron chi connectivity index (χ2n) is 4.83. The van der Waals surface area contributed by atoms with E-state index in [4.69, 9.17) is 0 Å². The Morgan fingerprint density at radius 1 is 1.37 bits per heavy atom. The van der Waals surface area contributed by atoms with Gasteiger partial charge in [0.25, 0.3) is 0 Å². The average molecular weight is 264 g/mol. The second-order valence-corrected chi connectivity index (χ2v) is 4.83. The van der Waals surface area contributed by atoms with Gasteiger partial charge in [0.05, 0.1) is 11.8 Å². The number of hydrogen-bond acceptors (Lipinski definition) is 2. The Balaban J connectivity index is 2.07. The van der Waals surface area contributed by atoms with Gasteiger partial charge in [-0.15, -0.1) is 0 Å². The average Bonchev–Trinajstić information content (AvgIpc) is 3.09. The maximum atomic E-state index is 13.1. The van der Waals surface area contributed by atoms with Gasteiger partial charge in [0, 0.05) is 18.7 Å². The summed E-state index contributed by atoms with van der Waals surface area (Å²) in [6, 6.07) is 3.96. The standard InChI is InChI=1S/C13H12F2N3O/c1-8-16-18(12-5-10(14)4-11(15)6-12)13(19)17(8)7-9-2-3-9/h5-6,9H,2-3,7H2,1H3. The Morgan fingerprint density at radius 3 is 2.58 bits per heavy atom. The summed E-state index contributed by atoms with van der Waals surface area (Å²) >= 11 is 0. The van der Waals surface area contributed by atoms with E-state index >= 15 is 0 Å². The van der Waals surface area contributed by atoms with Crippen LogP contribution in [-0.4, -0.2) is 14.3 Å². The van der Waals surface area contributed by atoms with Gasteiger partial charge in [-0.2, -0.15) is 9.78 Å². The van der Waals surface area contributed by atoms with Crippen molar-refractivity contribution in [3.63, 3.8) is 0 Å². The second kappa shape index (κ2) is 4.29. The number of benzene rings is 1. The van der Waals surface area contributed by atoms with Crippen molar-refractivity contribution in [3.05, 3.63) is 46.1 Å². The fourth-order valence-corrected chi connectivity index (χ4v) is 2.04. The van der Waals surface area contributed by atoms with E-state index in [1.807, 2.05) is 6.07 Å². The van der Waals surface area contributed by atoms with Crippen LogP contribution in [0.15, 0.2) is 16.9 Å². The van der Waals surface area contributed by atoms with Crippen molar-refractivity contribution in [1.82, 2.24) is 14.3 Å². The zero-order valence-electron chi connectivity index (χ0n) is 10.4. The van der Waals surface area contributed by atoms with Gasteiger partial charge in [0.15, 0.2) is 0 Å². The normalized spacial score (nSPS) is 14.9. The molecule has 0 amide bonds. The summed E-state index contributed by atoms with van der Waals surface area (Å²) in [5.74, 6) is -0.634. The van der Waals surface area contributed by atoms with E-state index in [0.717, 1.165) is 29.7 Å². The number of rotatable bonds is 3. The van der Waals surface area contributed by atoms with Gasteiger partial charge in [-0.05, 0) is 25.7 Å². The van der Waals surface area contributed by atoms with Crippen LogP contribution in [0.2, 0.25) is 0 Å². The van der Waals surface area contributed by atoms with E-state index in [2.05, 4.69) is 5.10 Å². The summed E-state index contributed by atoms with van der Waals surface area (Å²) < 4.78 is 28.8. The van der Waals surface area contributed by atoms with Crippen LogP contribution in [0.5, 0.6) is 0 Å². The maximum Gasteiger partial charge on any atom is 0.350 e. The summed E-state index contributed by atoms with van der Waals surface area (Å²) in [4.78, 5) is 12.2. The third kappa shape index (κ3) is 2.30. The first kappa shape index (κ1) is 12.1. The molecule has 1 fully saturated rings. The Hall–Kier alpha value is -1.98. The maximum absolute atomic E-state index is 13.1. The summed E-state index contributed by atoms with van der Waals surface area (Å²) in [6.45, 7) is 2.33. The molecule has 0 saturated heterocycles. The topological polar surface area (TPSA) is 39.8 Å². The number of hydrogen-bond donors (Lipinski definition) is 0. The summed E-state index contributed by atoms with van der Waals surface area (Å²) in [6.07, 6.45) is 2.22. The van der Waals surface area contributed by atoms with Crippen LogP contribution in [0, 0.1) is 30.5 Å². The Labute approximate surface area is 108 Å². The predicted molar refractivity (Wildman–Crippen MR) is 64.0 cm³/mol. The summed E-state index contributed by atoms with van der Waals surface area (Å²) in [7, 11) is 0. The molecular formula is C13H12F2N3O. The minimum Gasteiger partial charge on any atom is -0.279 e. The molecule has 0 atom stereocenters. The van der Waals surface area contributed by atoms with Crippen LogP contribution in [-0.2, 0) is 6.54 Å². The van der Waals surface area contributed by atoms with Crippen molar-refractivity contribution < 1.29 is 8.78 Å². The monoisotopic (exact) mass is 264 g/mol. The van der Waals surface area contributed by atoms with Gasteiger partial charge in [-0.25, -0.2) is 13.6 Å². The van der Waals surface area contributed by atoms with Gasteiger partial charge in [-0.3, -0.25) is 4.57 Å². The van der Waals surface area contributed by atoms with Gasteiger partial charge in [0.1, 0.15) is 17.5 Å². The van der Waals surface area contributed by atoms with Gasteiger partial charge in [0.2, 0.25) is 0 Å². The SMILES string of the molecule is Cc1nn(-c2cc(F)[c]c(F)c2)c(=O)n1CC1CC1. The van der Waals surface area contributed by atoms with Crippen molar-refractivity contribution in [2.75, 3.05) is 0 Å². The third-order valence-corrected chi connectivity index (χ3v) is 3.22. The van der Waals surface area contributed by atoms with Gasteiger partial charge in [-0.1, -0.05) is 0 Å². The molecular weight excluding hydrogens is 252 g/mol. The largest absolute Gasteiger partial charge is 0.350 e. The molecule has 1 aliphatic rings.